The van der Waals surface area contributed by atoms with Crippen LogP contribution in [0.5, 0.6) is 0 Å². The summed E-state index contributed by atoms with van der Waals surface area (Å²) < 4.78 is 1.87. The molecule has 4 heteroatoms. The molecule has 0 aliphatic heterocycles. The molecule has 0 amide bonds. The lowest BCUT2D eigenvalue weighted by Gasteiger charge is -2.01. The fraction of sp³-hybridized carbons (Fsp3) is 0.300. The Bertz CT molecular complexity index is 436. The summed E-state index contributed by atoms with van der Waals surface area (Å²) in [6, 6.07) is 4.13. The van der Waals surface area contributed by atoms with Crippen molar-refractivity contribution in [3.05, 3.63) is 35.2 Å². The van der Waals surface area contributed by atoms with E-state index in [9.17, 15) is 0 Å². The van der Waals surface area contributed by atoms with Crippen LogP contribution in [0.2, 0.25) is 5.15 Å². The van der Waals surface area contributed by atoms with Crippen LogP contribution >= 0.6 is 11.6 Å². The Morgan fingerprint density at radius 2 is 2.43 bits per heavy atom. The van der Waals surface area contributed by atoms with Crippen molar-refractivity contribution >= 4 is 17.2 Å². The topological polar surface area (TPSA) is 29.3 Å². The molecule has 2 aromatic rings. The maximum absolute atomic E-state index is 5.92. The normalized spacial score (nSPS) is 11.0. The molecular formula is C10H12ClN3. The molecule has 0 atom stereocenters. The van der Waals surface area contributed by atoms with Crippen LogP contribution < -0.4 is 5.32 Å². The zero-order chi connectivity index (χ0) is 9.97. The van der Waals surface area contributed by atoms with Crippen molar-refractivity contribution in [2.45, 2.75) is 6.42 Å². The zero-order valence-corrected chi connectivity index (χ0v) is 8.75. The van der Waals surface area contributed by atoms with Gasteiger partial charge in [-0.3, -0.25) is 4.40 Å². The fourth-order valence-corrected chi connectivity index (χ4v) is 1.61. The summed E-state index contributed by atoms with van der Waals surface area (Å²) in [5, 5.41) is 3.77. The largest absolute Gasteiger partial charge is 0.319 e. The van der Waals surface area contributed by atoms with Gasteiger partial charge in [-0.25, -0.2) is 4.98 Å². The molecule has 0 spiro atoms. The summed E-state index contributed by atoms with van der Waals surface area (Å²) in [5.41, 5.74) is 2.18. The van der Waals surface area contributed by atoms with E-state index >= 15 is 0 Å². The van der Waals surface area contributed by atoms with Crippen molar-refractivity contribution in [1.82, 2.24) is 14.7 Å². The molecule has 2 aromatic heterocycles. The van der Waals surface area contributed by atoms with Crippen molar-refractivity contribution in [3.63, 3.8) is 0 Å². The van der Waals surface area contributed by atoms with Gasteiger partial charge < -0.3 is 5.32 Å². The van der Waals surface area contributed by atoms with E-state index in [4.69, 9.17) is 11.6 Å². The average molecular weight is 210 g/mol. The first-order valence-electron chi connectivity index (χ1n) is 4.57. The number of hydrogen-bond acceptors (Lipinski definition) is 2. The Labute approximate surface area is 87.7 Å². The molecule has 0 saturated carbocycles. The lowest BCUT2D eigenvalue weighted by molar-refractivity contribution is 0.791. The second kappa shape index (κ2) is 3.98. The molecule has 0 aliphatic carbocycles. The Hall–Kier alpha value is -1.06. The number of hydrogen-bond donors (Lipinski definition) is 1. The number of nitrogens with zero attached hydrogens (tertiary/aromatic N) is 2. The molecule has 0 aliphatic rings. The van der Waals surface area contributed by atoms with Gasteiger partial charge in [0.15, 0.2) is 0 Å². The highest BCUT2D eigenvalue weighted by Crippen LogP contribution is 2.13. The van der Waals surface area contributed by atoms with Gasteiger partial charge in [-0.2, -0.15) is 0 Å². The van der Waals surface area contributed by atoms with E-state index < -0.39 is 0 Å². The number of pyridine rings is 1. The minimum atomic E-state index is 0.653. The Morgan fingerprint density at radius 3 is 3.21 bits per heavy atom. The molecule has 0 bridgehead atoms. The molecular weight excluding hydrogens is 198 g/mol. The van der Waals surface area contributed by atoms with Crippen LogP contribution in [0, 0.1) is 0 Å². The van der Waals surface area contributed by atoms with Crippen LogP contribution in [0.3, 0.4) is 0 Å². The monoisotopic (exact) mass is 209 g/mol. The highest BCUT2D eigenvalue weighted by Gasteiger charge is 2.00. The second-order valence-corrected chi connectivity index (χ2v) is 3.58. The first-order valence-corrected chi connectivity index (χ1v) is 4.95. The summed E-state index contributed by atoms with van der Waals surface area (Å²) in [5.74, 6) is 0. The molecule has 0 saturated heterocycles. The van der Waals surface area contributed by atoms with Crippen molar-refractivity contribution in [1.29, 1.82) is 0 Å². The van der Waals surface area contributed by atoms with E-state index in [-0.39, 0.29) is 0 Å². The van der Waals surface area contributed by atoms with Gasteiger partial charge in [-0.05, 0) is 37.7 Å². The van der Waals surface area contributed by atoms with E-state index in [1.165, 1.54) is 5.56 Å². The first kappa shape index (κ1) is 9.49. The summed E-state index contributed by atoms with van der Waals surface area (Å²) in [4.78, 5) is 4.20. The molecule has 0 radical (unpaired) electrons. The van der Waals surface area contributed by atoms with E-state index in [0.29, 0.717) is 5.15 Å². The molecule has 2 heterocycles. The van der Waals surface area contributed by atoms with E-state index in [2.05, 4.69) is 22.4 Å². The molecule has 0 aromatic carbocycles. The zero-order valence-electron chi connectivity index (χ0n) is 8.00. The minimum Gasteiger partial charge on any atom is -0.319 e. The first-order chi connectivity index (χ1) is 6.81. The van der Waals surface area contributed by atoms with Crippen LogP contribution in [-0.4, -0.2) is 23.0 Å². The number of aromatic nitrogens is 2. The molecule has 0 fully saturated rings. The van der Waals surface area contributed by atoms with E-state index in [1.807, 2.05) is 17.6 Å². The maximum atomic E-state index is 5.92. The van der Waals surface area contributed by atoms with Crippen molar-refractivity contribution in [3.8, 4) is 0 Å². The van der Waals surface area contributed by atoms with E-state index in [1.54, 1.807) is 6.20 Å². The quantitative estimate of drug-likeness (QED) is 0.835. The Balaban J connectivity index is 2.32. The predicted octanol–water partition coefficient (Wildman–Crippen LogP) is 1.75. The molecule has 1 N–H and O–H groups in total. The number of halogens is 1. The highest BCUT2D eigenvalue weighted by atomic mass is 35.5. The average Bonchev–Trinajstić information content (AvgIpc) is 2.57. The lowest BCUT2D eigenvalue weighted by atomic mass is 10.2. The summed E-state index contributed by atoms with van der Waals surface area (Å²) >= 11 is 5.92. The molecule has 0 unspecified atom stereocenters. The highest BCUT2D eigenvalue weighted by molar-refractivity contribution is 6.29. The standard InChI is InChI=1S/C10H12ClN3/c1-12-4-2-8-3-5-14-9(11)7-13-10(14)6-8/h3,5-7,12H,2,4H2,1H3. The van der Waals surface area contributed by atoms with E-state index in [0.717, 1.165) is 18.6 Å². The minimum absolute atomic E-state index is 0.653. The van der Waals surface area contributed by atoms with Crippen LogP contribution in [0.1, 0.15) is 5.56 Å². The van der Waals surface area contributed by atoms with Gasteiger partial charge in [0.05, 0.1) is 6.20 Å². The van der Waals surface area contributed by atoms with Crippen molar-refractivity contribution < 1.29 is 0 Å². The van der Waals surface area contributed by atoms with Gasteiger partial charge in [-0.15, -0.1) is 0 Å². The van der Waals surface area contributed by atoms with Crippen LogP contribution in [0.4, 0.5) is 0 Å². The van der Waals surface area contributed by atoms with Crippen LogP contribution in [0.15, 0.2) is 24.5 Å². The van der Waals surface area contributed by atoms with Crippen LogP contribution in [-0.2, 0) is 6.42 Å². The smallest absolute Gasteiger partial charge is 0.138 e. The van der Waals surface area contributed by atoms with Gasteiger partial charge in [0.2, 0.25) is 0 Å². The predicted molar refractivity (Wildman–Crippen MR) is 57.8 cm³/mol. The SMILES string of the molecule is CNCCc1ccn2c(Cl)cnc2c1. The van der Waals surface area contributed by atoms with Crippen molar-refractivity contribution in [2.75, 3.05) is 13.6 Å². The van der Waals surface area contributed by atoms with Gasteiger partial charge in [0.1, 0.15) is 10.8 Å². The van der Waals surface area contributed by atoms with Crippen LogP contribution in [0.25, 0.3) is 5.65 Å². The molecule has 74 valence electrons. The Morgan fingerprint density at radius 1 is 1.57 bits per heavy atom. The number of likely N-dealkylation sites (N-methyl/N-ethyl adjacent to an activating group) is 1. The third-order valence-electron chi connectivity index (χ3n) is 2.20. The summed E-state index contributed by atoms with van der Waals surface area (Å²) in [7, 11) is 1.95. The third-order valence-corrected chi connectivity index (χ3v) is 2.48. The summed E-state index contributed by atoms with van der Waals surface area (Å²) in [6.45, 7) is 0.977. The van der Waals surface area contributed by atoms with Gasteiger partial charge in [0.25, 0.3) is 0 Å². The second-order valence-electron chi connectivity index (χ2n) is 3.20. The van der Waals surface area contributed by atoms with Gasteiger partial charge in [0, 0.05) is 6.20 Å². The van der Waals surface area contributed by atoms with Gasteiger partial charge in [-0.1, -0.05) is 11.6 Å². The number of fused-ring (bicyclic) bond motifs is 1. The molecule has 14 heavy (non-hydrogen) atoms. The van der Waals surface area contributed by atoms with Gasteiger partial charge >= 0.3 is 0 Å². The molecule has 3 nitrogen and oxygen atoms in total. The fourth-order valence-electron chi connectivity index (χ4n) is 1.42. The Kier molecular flexibility index (Phi) is 2.70. The number of imidazole rings is 1. The molecule has 2 rings (SSSR count). The van der Waals surface area contributed by atoms with Crippen molar-refractivity contribution in [2.24, 2.45) is 0 Å². The number of rotatable bonds is 3. The third kappa shape index (κ3) is 1.74. The number of nitrogens with one attached hydrogen (secondary N) is 1. The summed E-state index contributed by atoms with van der Waals surface area (Å²) in [6.07, 6.45) is 4.63. The maximum Gasteiger partial charge on any atom is 0.138 e. The lowest BCUT2D eigenvalue weighted by Crippen LogP contribution is -2.10.